The summed E-state index contributed by atoms with van der Waals surface area (Å²) in [5, 5.41) is 3.12. The van der Waals surface area contributed by atoms with E-state index in [0.717, 1.165) is 56.2 Å². The summed E-state index contributed by atoms with van der Waals surface area (Å²) in [7, 11) is 3.70. The van der Waals surface area contributed by atoms with E-state index in [1.54, 1.807) is 7.11 Å². The molecule has 0 saturated carbocycles. The topological polar surface area (TPSA) is 50.3 Å². The largest absolute Gasteiger partial charge is 0.381 e. The Morgan fingerprint density at radius 3 is 2.68 bits per heavy atom. The third-order valence-electron chi connectivity index (χ3n) is 3.59. The monoisotopic (exact) mass is 264 g/mol. The van der Waals surface area contributed by atoms with Crippen molar-refractivity contribution in [1.29, 1.82) is 0 Å². The minimum Gasteiger partial charge on any atom is -0.381 e. The highest BCUT2D eigenvalue weighted by atomic mass is 16.5. The molecule has 0 atom stereocenters. The molecule has 19 heavy (non-hydrogen) atoms. The average Bonchev–Trinajstić information content (AvgIpc) is 2.47. The molecule has 1 saturated heterocycles. The van der Waals surface area contributed by atoms with Gasteiger partial charge in [0, 0.05) is 39.7 Å². The Morgan fingerprint density at radius 2 is 2.11 bits per heavy atom. The number of rotatable bonds is 5. The number of ether oxygens (including phenoxy) is 1. The van der Waals surface area contributed by atoms with Crippen molar-refractivity contribution >= 4 is 11.6 Å². The van der Waals surface area contributed by atoms with Gasteiger partial charge in [0.2, 0.25) is 0 Å². The second-order valence-corrected chi connectivity index (χ2v) is 4.95. The first-order valence-electron chi connectivity index (χ1n) is 7.10. The third-order valence-corrected chi connectivity index (χ3v) is 3.59. The maximum atomic E-state index is 5.41. The van der Waals surface area contributed by atoms with Crippen LogP contribution in [0.1, 0.15) is 32.0 Å². The Labute approximate surface area is 115 Å². The number of hydrogen-bond donors (Lipinski definition) is 1. The molecule has 0 spiro atoms. The van der Waals surface area contributed by atoms with Crippen LogP contribution in [0.15, 0.2) is 6.07 Å². The van der Waals surface area contributed by atoms with Crippen molar-refractivity contribution in [2.45, 2.75) is 38.7 Å². The molecule has 1 aromatic heterocycles. The SMILES string of the molecule is CCCc1nc(NC)cc(N2CCC(OC)CC2)n1. The summed E-state index contributed by atoms with van der Waals surface area (Å²) in [6.07, 6.45) is 4.53. The van der Waals surface area contributed by atoms with Crippen molar-refractivity contribution in [3.8, 4) is 0 Å². The van der Waals surface area contributed by atoms with Gasteiger partial charge < -0.3 is 15.0 Å². The molecule has 5 heteroatoms. The quantitative estimate of drug-likeness (QED) is 0.882. The lowest BCUT2D eigenvalue weighted by Crippen LogP contribution is -2.37. The molecule has 106 valence electrons. The van der Waals surface area contributed by atoms with E-state index in [9.17, 15) is 0 Å². The van der Waals surface area contributed by atoms with Crippen LogP contribution in [-0.2, 0) is 11.2 Å². The average molecular weight is 264 g/mol. The second-order valence-electron chi connectivity index (χ2n) is 4.95. The van der Waals surface area contributed by atoms with Gasteiger partial charge in [0.15, 0.2) is 0 Å². The molecule has 1 aliphatic rings. The molecular weight excluding hydrogens is 240 g/mol. The van der Waals surface area contributed by atoms with Crippen molar-refractivity contribution in [1.82, 2.24) is 9.97 Å². The van der Waals surface area contributed by atoms with Gasteiger partial charge in [0.25, 0.3) is 0 Å². The zero-order valence-electron chi connectivity index (χ0n) is 12.1. The van der Waals surface area contributed by atoms with Crippen LogP contribution in [0, 0.1) is 0 Å². The summed E-state index contributed by atoms with van der Waals surface area (Å²) in [6, 6.07) is 2.03. The lowest BCUT2D eigenvalue weighted by Gasteiger charge is -2.32. The number of nitrogens with zero attached hydrogens (tertiary/aromatic N) is 3. The Kier molecular flexibility index (Phi) is 4.96. The second kappa shape index (κ2) is 6.70. The molecule has 1 N–H and O–H groups in total. The highest BCUT2D eigenvalue weighted by Gasteiger charge is 2.20. The van der Waals surface area contributed by atoms with Gasteiger partial charge in [-0.3, -0.25) is 0 Å². The summed E-state index contributed by atoms with van der Waals surface area (Å²) >= 11 is 0. The van der Waals surface area contributed by atoms with Gasteiger partial charge in [0.05, 0.1) is 6.10 Å². The fourth-order valence-corrected chi connectivity index (χ4v) is 2.43. The van der Waals surface area contributed by atoms with E-state index >= 15 is 0 Å². The van der Waals surface area contributed by atoms with Crippen LogP contribution < -0.4 is 10.2 Å². The van der Waals surface area contributed by atoms with E-state index in [0.29, 0.717) is 6.10 Å². The molecule has 1 fully saturated rings. The van der Waals surface area contributed by atoms with Crippen LogP contribution in [-0.4, -0.2) is 43.3 Å². The van der Waals surface area contributed by atoms with Crippen molar-refractivity contribution in [3.05, 3.63) is 11.9 Å². The number of methoxy groups -OCH3 is 1. The van der Waals surface area contributed by atoms with Gasteiger partial charge in [-0.05, 0) is 19.3 Å². The van der Waals surface area contributed by atoms with Crippen LogP contribution in [0.25, 0.3) is 0 Å². The van der Waals surface area contributed by atoms with Gasteiger partial charge >= 0.3 is 0 Å². The molecule has 0 aromatic carbocycles. The van der Waals surface area contributed by atoms with Crippen molar-refractivity contribution in [2.24, 2.45) is 0 Å². The zero-order valence-corrected chi connectivity index (χ0v) is 12.1. The number of anilines is 2. The number of aromatic nitrogens is 2. The van der Waals surface area contributed by atoms with Crippen LogP contribution in [0.4, 0.5) is 11.6 Å². The third kappa shape index (κ3) is 3.56. The molecule has 2 heterocycles. The van der Waals surface area contributed by atoms with E-state index in [1.807, 2.05) is 13.1 Å². The molecule has 1 aromatic rings. The summed E-state index contributed by atoms with van der Waals surface area (Å²) in [5.74, 6) is 2.87. The molecule has 0 amide bonds. The van der Waals surface area contributed by atoms with E-state index in [-0.39, 0.29) is 0 Å². The highest BCUT2D eigenvalue weighted by molar-refractivity contribution is 5.49. The first-order chi connectivity index (χ1) is 9.26. The molecule has 0 unspecified atom stereocenters. The van der Waals surface area contributed by atoms with Gasteiger partial charge in [-0.25, -0.2) is 9.97 Å². The normalized spacial score (nSPS) is 16.7. The Bertz CT molecular complexity index is 402. The maximum Gasteiger partial charge on any atom is 0.134 e. The van der Waals surface area contributed by atoms with Crippen LogP contribution in [0.3, 0.4) is 0 Å². The smallest absolute Gasteiger partial charge is 0.134 e. The lowest BCUT2D eigenvalue weighted by atomic mass is 10.1. The summed E-state index contributed by atoms with van der Waals surface area (Å²) in [5.41, 5.74) is 0. The van der Waals surface area contributed by atoms with Crippen molar-refractivity contribution < 1.29 is 4.74 Å². The van der Waals surface area contributed by atoms with Crippen LogP contribution >= 0.6 is 0 Å². The predicted octanol–water partition coefficient (Wildman–Crippen LogP) is 2.09. The maximum absolute atomic E-state index is 5.41. The fraction of sp³-hybridized carbons (Fsp3) is 0.714. The van der Waals surface area contributed by atoms with E-state index < -0.39 is 0 Å². The number of hydrogen-bond acceptors (Lipinski definition) is 5. The minimum atomic E-state index is 0.400. The first-order valence-corrected chi connectivity index (χ1v) is 7.10. The number of aryl methyl sites for hydroxylation is 1. The Balaban J connectivity index is 2.12. The molecule has 0 bridgehead atoms. The van der Waals surface area contributed by atoms with Gasteiger partial charge in [-0.2, -0.15) is 0 Å². The van der Waals surface area contributed by atoms with Crippen molar-refractivity contribution in [2.75, 3.05) is 37.5 Å². The van der Waals surface area contributed by atoms with E-state index in [1.165, 1.54) is 0 Å². The molecule has 5 nitrogen and oxygen atoms in total. The van der Waals surface area contributed by atoms with Gasteiger partial charge in [-0.15, -0.1) is 0 Å². The predicted molar refractivity (Wildman–Crippen MR) is 77.8 cm³/mol. The zero-order chi connectivity index (χ0) is 13.7. The Morgan fingerprint density at radius 1 is 1.37 bits per heavy atom. The van der Waals surface area contributed by atoms with E-state index in [4.69, 9.17) is 4.74 Å². The molecule has 2 rings (SSSR count). The molecular formula is C14H24N4O. The first kappa shape index (κ1) is 14.1. The van der Waals surface area contributed by atoms with Gasteiger partial charge in [-0.1, -0.05) is 6.92 Å². The molecule has 0 radical (unpaired) electrons. The summed E-state index contributed by atoms with van der Waals surface area (Å²) < 4.78 is 5.41. The number of piperidine rings is 1. The van der Waals surface area contributed by atoms with Crippen molar-refractivity contribution in [3.63, 3.8) is 0 Å². The Hall–Kier alpha value is -1.36. The lowest BCUT2D eigenvalue weighted by molar-refractivity contribution is 0.0818. The minimum absolute atomic E-state index is 0.400. The fourth-order valence-electron chi connectivity index (χ4n) is 2.43. The standard InChI is InChI=1S/C14H24N4O/c1-4-5-12-16-13(15-2)10-14(17-12)18-8-6-11(19-3)7-9-18/h10-11H,4-9H2,1-3H3,(H,15,16,17). The number of nitrogens with one attached hydrogen (secondary N) is 1. The molecule has 0 aliphatic carbocycles. The molecule has 1 aliphatic heterocycles. The summed E-state index contributed by atoms with van der Waals surface area (Å²) in [6.45, 7) is 4.16. The van der Waals surface area contributed by atoms with E-state index in [2.05, 4.69) is 27.1 Å². The van der Waals surface area contributed by atoms with Crippen LogP contribution in [0.5, 0.6) is 0 Å². The van der Waals surface area contributed by atoms with Gasteiger partial charge in [0.1, 0.15) is 17.5 Å². The van der Waals surface area contributed by atoms with Crippen LogP contribution in [0.2, 0.25) is 0 Å². The highest BCUT2D eigenvalue weighted by Crippen LogP contribution is 2.21. The summed E-state index contributed by atoms with van der Waals surface area (Å²) in [4.78, 5) is 11.5.